The van der Waals surface area contributed by atoms with Crippen molar-refractivity contribution in [3.05, 3.63) is 12.2 Å². The van der Waals surface area contributed by atoms with Crippen molar-refractivity contribution in [2.45, 2.75) is 161 Å². The Kier molecular flexibility index (Phi) is 26.1. The highest BCUT2D eigenvalue weighted by Gasteiger charge is 2.21. The Labute approximate surface area is 214 Å². The summed E-state index contributed by atoms with van der Waals surface area (Å²) in [7, 11) is 3.93. The van der Waals surface area contributed by atoms with Crippen LogP contribution in [-0.4, -0.2) is 37.6 Å². The lowest BCUT2D eigenvalue weighted by Gasteiger charge is -2.22. The number of likely N-dealkylation sites (N-methyl/N-ethyl adjacent to an activating group) is 1. The number of unbranched alkanes of at least 4 members (excludes halogenated alkanes) is 19. The van der Waals surface area contributed by atoms with E-state index >= 15 is 0 Å². The Balaban J connectivity index is 3.32. The number of hydrogen-bond acceptors (Lipinski definition) is 3. The van der Waals surface area contributed by atoms with E-state index in [0.29, 0.717) is 6.61 Å². The van der Waals surface area contributed by atoms with Gasteiger partial charge < -0.3 is 4.74 Å². The number of esters is 1. The first kappa shape index (κ1) is 33.2. The summed E-state index contributed by atoms with van der Waals surface area (Å²) in [5.41, 5.74) is 0. The predicted molar refractivity (Wildman–Crippen MR) is 150 cm³/mol. The van der Waals surface area contributed by atoms with Gasteiger partial charge in [0.05, 0.1) is 6.61 Å². The number of ether oxygens (including phenoxy) is 1. The fourth-order valence-electron chi connectivity index (χ4n) is 4.65. The lowest BCUT2D eigenvalue weighted by atomic mass is 10.0. The molecule has 0 radical (unpaired) electrons. The Morgan fingerprint density at radius 3 is 1.38 bits per heavy atom. The summed E-state index contributed by atoms with van der Waals surface area (Å²) in [6, 6.07) is -0.0882. The number of allylic oxidation sites excluding steroid dienone is 2. The molecule has 1 unspecified atom stereocenters. The van der Waals surface area contributed by atoms with Crippen molar-refractivity contribution >= 4 is 5.97 Å². The van der Waals surface area contributed by atoms with Gasteiger partial charge in [0.15, 0.2) is 0 Å². The lowest BCUT2D eigenvalue weighted by Crippen LogP contribution is -2.37. The Morgan fingerprint density at radius 1 is 0.618 bits per heavy atom. The topological polar surface area (TPSA) is 29.5 Å². The van der Waals surface area contributed by atoms with Crippen LogP contribution >= 0.6 is 0 Å². The van der Waals surface area contributed by atoms with Crippen molar-refractivity contribution < 1.29 is 9.53 Å². The van der Waals surface area contributed by atoms with Crippen molar-refractivity contribution in [1.82, 2.24) is 4.90 Å². The average molecular weight is 480 g/mol. The van der Waals surface area contributed by atoms with E-state index in [2.05, 4.69) is 19.1 Å². The molecule has 0 amide bonds. The van der Waals surface area contributed by atoms with Gasteiger partial charge in [0.25, 0.3) is 0 Å². The number of rotatable bonds is 26. The molecule has 0 aromatic heterocycles. The van der Waals surface area contributed by atoms with Crippen LogP contribution in [0, 0.1) is 0 Å². The second kappa shape index (κ2) is 26.8. The predicted octanol–water partition coefficient (Wildman–Crippen LogP) is 9.64. The van der Waals surface area contributed by atoms with E-state index in [4.69, 9.17) is 4.74 Å². The molecule has 3 nitrogen and oxygen atoms in total. The molecule has 0 bridgehead atoms. The Hall–Kier alpha value is -0.830. The maximum atomic E-state index is 12.0. The normalized spacial score (nSPS) is 12.6. The number of hydrogen-bond donors (Lipinski definition) is 0. The minimum absolute atomic E-state index is 0.0748. The molecule has 0 rings (SSSR count). The fourth-order valence-corrected chi connectivity index (χ4v) is 4.65. The SMILES string of the molecule is CCCCCCCCCCCCCCCCC/C=C/CCCCCCC(C(=O)OCC)N(C)C. The van der Waals surface area contributed by atoms with E-state index in [1.807, 2.05) is 25.9 Å². The van der Waals surface area contributed by atoms with Crippen LogP contribution in [0.3, 0.4) is 0 Å². The second-order valence-electron chi connectivity index (χ2n) is 10.4. The standard InChI is InChI=1S/C31H61NO2/c1-5-7-8-9-10-11-12-13-14-15-16-17-18-19-20-21-22-23-24-25-26-27-28-29-30(32(3)4)31(33)34-6-2/h22-23,30H,5-21,24-29H2,1-4H3/b23-22+. The zero-order valence-corrected chi connectivity index (χ0v) is 23.8. The summed E-state index contributed by atoms with van der Waals surface area (Å²) in [6.45, 7) is 4.63. The van der Waals surface area contributed by atoms with E-state index in [-0.39, 0.29) is 12.0 Å². The van der Waals surface area contributed by atoms with Gasteiger partial charge in [0.2, 0.25) is 0 Å². The minimum atomic E-state index is -0.0882. The van der Waals surface area contributed by atoms with Crippen LogP contribution in [0.15, 0.2) is 12.2 Å². The van der Waals surface area contributed by atoms with Crippen LogP contribution in [-0.2, 0) is 9.53 Å². The zero-order chi connectivity index (χ0) is 25.1. The Bertz CT molecular complexity index is 447. The van der Waals surface area contributed by atoms with E-state index in [0.717, 1.165) is 12.8 Å². The molecule has 0 fully saturated rings. The third-order valence-electron chi connectivity index (χ3n) is 6.92. The van der Waals surface area contributed by atoms with Crippen molar-refractivity contribution in [2.75, 3.05) is 20.7 Å². The fraction of sp³-hybridized carbons (Fsp3) is 0.903. The van der Waals surface area contributed by atoms with Gasteiger partial charge in [0.1, 0.15) is 6.04 Å². The van der Waals surface area contributed by atoms with Crippen LogP contribution in [0.1, 0.15) is 155 Å². The zero-order valence-electron chi connectivity index (χ0n) is 23.8. The third kappa shape index (κ3) is 22.9. The highest BCUT2D eigenvalue weighted by molar-refractivity contribution is 5.75. The quantitative estimate of drug-likeness (QED) is 0.0702. The molecular weight excluding hydrogens is 418 g/mol. The van der Waals surface area contributed by atoms with Crippen LogP contribution in [0.25, 0.3) is 0 Å². The molecular formula is C31H61NO2. The van der Waals surface area contributed by atoms with Gasteiger partial charge in [-0.3, -0.25) is 9.69 Å². The van der Waals surface area contributed by atoms with Crippen LogP contribution < -0.4 is 0 Å². The molecule has 0 aromatic carbocycles. The minimum Gasteiger partial charge on any atom is -0.465 e. The second-order valence-corrected chi connectivity index (χ2v) is 10.4. The van der Waals surface area contributed by atoms with E-state index in [1.54, 1.807) is 0 Å². The molecule has 0 aliphatic rings. The molecule has 0 spiro atoms. The lowest BCUT2D eigenvalue weighted by molar-refractivity contribution is -0.148. The summed E-state index contributed by atoms with van der Waals surface area (Å²) < 4.78 is 5.18. The molecule has 202 valence electrons. The first-order chi connectivity index (χ1) is 16.6. The van der Waals surface area contributed by atoms with Gasteiger partial charge in [-0.2, -0.15) is 0 Å². The molecule has 0 heterocycles. The summed E-state index contributed by atoms with van der Waals surface area (Å²) in [5, 5.41) is 0. The van der Waals surface area contributed by atoms with Crippen molar-refractivity contribution in [1.29, 1.82) is 0 Å². The van der Waals surface area contributed by atoms with Gasteiger partial charge in [0, 0.05) is 0 Å². The van der Waals surface area contributed by atoms with Crippen LogP contribution in [0.2, 0.25) is 0 Å². The molecule has 0 N–H and O–H groups in total. The van der Waals surface area contributed by atoms with Crippen molar-refractivity contribution in [3.63, 3.8) is 0 Å². The van der Waals surface area contributed by atoms with E-state index in [1.165, 1.54) is 128 Å². The molecule has 0 aliphatic carbocycles. The first-order valence-corrected chi connectivity index (χ1v) is 15.1. The highest BCUT2D eigenvalue weighted by atomic mass is 16.5. The van der Waals surface area contributed by atoms with Gasteiger partial charge in [-0.05, 0) is 53.1 Å². The van der Waals surface area contributed by atoms with E-state index in [9.17, 15) is 4.79 Å². The largest absolute Gasteiger partial charge is 0.465 e. The summed E-state index contributed by atoms with van der Waals surface area (Å²) >= 11 is 0. The molecule has 0 saturated heterocycles. The summed E-state index contributed by atoms with van der Waals surface area (Å²) in [6.07, 6.45) is 34.5. The van der Waals surface area contributed by atoms with Crippen LogP contribution in [0.4, 0.5) is 0 Å². The van der Waals surface area contributed by atoms with Crippen LogP contribution in [0.5, 0.6) is 0 Å². The van der Waals surface area contributed by atoms with Gasteiger partial charge in [-0.15, -0.1) is 0 Å². The number of carbonyl (C=O) groups is 1. The summed E-state index contributed by atoms with van der Waals surface area (Å²) in [5.74, 6) is -0.0748. The maximum Gasteiger partial charge on any atom is 0.323 e. The maximum absolute atomic E-state index is 12.0. The van der Waals surface area contributed by atoms with Gasteiger partial charge >= 0.3 is 5.97 Å². The summed E-state index contributed by atoms with van der Waals surface area (Å²) in [4.78, 5) is 14.0. The molecule has 3 heteroatoms. The molecule has 34 heavy (non-hydrogen) atoms. The molecule has 0 aliphatic heterocycles. The monoisotopic (exact) mass is 479 g/mol. The molecule has 0 aromatic rings. The number of carbonyl (C=O) groups excluding carboxylic acids is 1. The first-order valence-electron chi connectivity index (χ1n) is 15.1. The van der Waals surface area contributed by atoms with Crippen molar-refractivity contribution in [3.8, 4) is 0 Å². The van der Waals surface area contributed by atoms with Gasteiger partial charge in [-0.1, -0.05) is 128 Å². The highest BCUT2D eigenvalue weighted by Crippen LogP contribution is 2.14. The average Bonchev–Trinajstić information content (AvgIpc) is 2.81. The molecule has 0 saturated carbocycles. The number of nitrogens with zero attached hydrogens (tertiary/aromatic N) is 1. The van der Waals surface area contributed by atoms with Crippen molar-refractivity contribution in [2.24, 2.45) is 0 Å². The van der Waals surface area contributed by atoms with Gasteiger partial charge in [-0.25, -0.2) is 0 Å². The molecule has 1 atom stereocenters. The van der Waals surface area contributed by atoms with E-state index < -0.39 is 0 Å². The third-order valence-corrected chi connectivity index (χ3v) is 6.92. The Morgan fingerprint density at radius 2 is 1.00 bits per heavy atom. The smallest absolute Gasteiger partial charge is 0.323 e.